The molecule has 0 unspecified atom stereocenters. The second-order valence-electron chi connectivity index (χ2n) is 4.21. The van der Waals surface area contributed by atoms with E-state index < -0.39 is 0 Å². The SMILES string of the molecule is CC(C)(C)OCc1ccc(C#N)cc1. The Kier molecular flexibility index (Phi) is 3.27. The van der Waals surface area contributed by atoms with Gasteiger partial charge in [0.15, 0.2) is 0 Å². The van der Waals surface area contributed by atoms with Gasteiger partial charge in [-0.2, -0.15) is 5.26 Å². The summed E-state index contributed by atoms with van der Waals surface area (Å²) < 4.78 is 5.61. The van der Waals surface area contributed by atoms with E-state index in [1.165, 1.54) is 0 Å². The molecular formula is C12H15NO. The van der Waals surface area contributed by atoms with Gasteiger partial charge in [-0.15, -0.1) is 0 Å². The first-order valence-corrected chi connectivity index (χ1v) is 4.64. The fourth-order valence-corrected chi connectivity index (χ4v) is 0.975. The molecule has 0 aliphatic heterocycles. The molecule has 0 aromatic heterocycles. The van der Waals surface area contributed by atoms with Gasteiger partial charge in [-0.25, -0.2) is 0 Å². The molecule has 0 N–H and O–H groups in total. The Morgan fingerprint density at radius 2 is 1.79 bits per heavy atom. The summed E-state index contributed by atoms with van der Waals surface area (Å²) in [5, 5.41) is 8.61. The highest BCUT2D eigenvalue weighted by molar-refractivity contribution is 5.31. The van der Waals surface area contributed by atoms with E-state index in [4.69, 9.17) is 10.00 Å². The second kappa shape index (κ2) is 4.26. The van der Waals surface area contributed by atoms with Gasteiger partial charge >= 0.3 is 0 Å². The summed E-state index contributed by atoms with van der Waals surface area (Å²) in [5.41, 5.74) is 1.66. The molecule has 1 aromatic rings. The molecule has 0 fully saturated rings. The zero-order chi connectivity index (χ0) is 10.6. The Hall–Kier alpha value is -1.33. The highest BCUT2D eigenvalue weighted by Crippen LogP contribution is 2.12. The first kappa shape index (κ1) is 10.7. The van der Waals surface area contributed by atoms with Crippen LogP contribution in [0, 0.1) is 11.3 Å². The van der Waals surface area contributed by atoms with Gasteiger partial charge in [-0.3, -0.25) is 0 Å². The summed E-state index contributed by atoms with van der Waals surface area (Å²) >= 11 is 0. The summed E-state index contributed by atoms with van der Waals surface area (Å²) in [4.78, 5) is 0. The molecule has 0 amide bonds. The van der Waals surface area contributed by atoms with Gasteiger partial charge in [0.05, 0.1) is 23.8 Å². The van der Waals surface area contributed by atoms with Crippen molar-refractivity contribution in [1.29, 1.82) is 5.26 Å². The van der Waals surface area contributed by atoms with Crippen LogP contribution in [0.4, 0.5) is 0 Å². The Bertz CT molecular complexity index is 327. The zero-order valence-corrected chi connectivity index (χ0v) is 8.87. The predicted octanol–water partition coefficient (Wildman–Crippen LogP) is 2.87. The van der Waals surface area contributed by atoms with Crippen LogP contribution in [0.3, 0.4) is 0 Å². The molecule has 1 aromatic carbocycles. The molecular weight excluding hydrogens is 174 g/mol. The lowest BCUT2D eigenvalue weighted by Gasteiger charge is -2.19. The van der Waals surface area contributed by atoms with Crippen LogP contribution >= 0.6 is 0 Å². The van der Waals surface area contributed by atoms with Crippen molar-refractivity contribution in [2.24, 2.45) is 0 Å². The molecule has 0 bridgehead atoms. The van der Waals surface area contributed by atoms with Crippen molar-refractivity contribution >= 4 is 0 Å². The molecule has 0 aliphatic rings. The van der Waals surface area contributed by atoms with Crippen LogP contribution in [0.1, 0.15) is 31.9 Å². The van der Waals surface area contributed by atoms with Crippen LogP contribution in [-0.4, -0.2) is 5.60 Å². The molecule has 14 heavy (non-hydrogen) atoms. The maximum absolute atomic E-state index is 8.61. The molecule has 2 nitrogen and oxygen atoms in total. The van der Waals surface area contributed by atoms with Crippen molar-refractivity contribution in [3.05, 3.63) is 35.4 Å². The lowest BCUT2D eigenvalue weighted by Crippen LogP contribution is -2.18. The topological polar surface area (TPSA) is 33.0 Å². The van der Waals surface area contributed by atoms with Gasteiger partial charge in [-0.05, 0) is 38.5 Å². The van der Waals surface area contributed by atoms with E-state index in [9.17, 15) is 0 Å². The van der Waals surface area contributed by atoms with E-state index in [0.29, 0.717) is 12.2 Å². The Morgan fingerprint density at radius 1 is 1.21 bits per heavy atom. The second-order valence-corrected chi connectivity index (χ2v) is 4.21. The van der Waals surface area contributed by atoms with Crippen LogP contribution in [0.25, 0.3) is 0 Å². The number of ether oxygens (including phenoxy) is 1. The summed E-state index contributed by atoms with van der Waals surface area (Å²) in [6.07, 6.45) is 0. The third-order valence-electron chi connectivity index (χ3n) is 1.75. The molecule has 2 heteroatoms. The molecule has 0 heterocycles. The molecule has 1 rings (SSSR count). The number of hydrogen-bond acceptors (Lipinski definition) is 2. The minimum Gasteiger partial charge on any atom is -0.371 e. The molecule has 0 atom stereocenters. The van der Waals surface area contributed by atoms with Crippen LogP contribution in [0.5, 0.6) is 0 Å². The van der Waals surface area contributed by atoms with E-state index in [1.807, 2.05) is 32.9 Å². The molecule has 0 saturated carbocycles. The number of benzene rings is 1. The molecule has 74 valence electrons. The molecule has 0 spiro atoms. The third kappa shape index (κ3) is 3.59. The van der Waals surface area contributed by atoms with Crippen molar-refractivity contribution in [3.63, 3.8) is 0 Å². The van der Waals surface area contributed by atoms with Gasteiger partial charge in [0.25, 0.3) is 0 Å². The van der Waals surface area contributed by atoms with Crippen LogP contribution in [0.2, 0.25) is 0 Å². The number of hydrogen-bond donors (Lipinski definition) is 0. The fraction of sp³-hybridized carbons (Fsp3) is 0.417. The van der Waals surface area contributed by atoms with E-state index in [0.717, 1.165) is 5.56 Å². The maximum Gasteiger partial charge on any atom is 0.0991 e. The van der Waals surface area contributed by atoms with Gasteiger partial charge in [0.1, 0.15) is 0 Å². The minimum atomic E-state index is -0.117. The Morgan fingerprint density at radius 3 is 2.21 bits per heavy atom. The van der Waals surface area contributed by atoms with E-state index in [2.05, 4.69) is 6.07 Å². The highest BCUT2D eigenvalue weighted by Gasteiger charge is 2.09. The smallest absolute Gasteiger partial charge is 0.0991 e. The Labute approximate surface area is 85.1 Å². The van der Waals surface area contributed by atoms with Crippen molar-refractivity contribution in [2.45, 2.75) is 33.0 Å². The Balaban J connectivity index is 2.58. The van der Waals surface area contributed by atoms with Crippen LogP contribution < -0.4 is 0 Å². The van der Waals surface area contributed by atoms with Crippen molar-refractivity contribution in [1.82, 2.24) is 0 Å². The normalized spacial score (nSPS) is 11.0. The van der Waals surface area contributed by atoms with E-state index >= 15 is 0 Å². The third-order valence-corrected chi connectivity index (χ3v) is 1.75. The first-order valence-electron chi connectivity index (χ1n) is 4.64. The van der Waals surface area contributed by atoms with E-state index in [1.54, 1.807) is 12.1 Å². The van der Waals surface area contributed by atoms with Gasteiger partial charge in [0.2, 0.25) is 0 Å². The van der Waals surface area contributed by atoms with Gasteiger partial charge in [-0.1, -0.05) is 12.1 Å². The minimum absolute atomic E-state index is 0.117. The highest BCUT2D eigenvalue weighted by atomic mass is 16.5. The lowest BCUT2D eigenvalue weighted by molar-refractivity contribution is -0.0149. The number of nitriles is 1. The largest absolute Gasteiger partial charge is 0.371 e. The van der Waals surface area contributed by atoms with Crippen molar-refractivity contribution in [2.75, 3.05) is 0 Å². The summed E-state index contributed by atoms with van der Waals surface area (Å²) in [7, 11) is 0. The quantitative estimate of drug-likeness (QED) is 0.716. The van der Waals surface area contributed by atoms with Gasteiger partial charge in [0, 0.05) is 0 Å². The predicted molar refractivity (Wildman–Crippen MR) is 55.7 cm³/mol. The molecule has 0 saturated heterocycles. The fourth-order valence-electron chi connectivity index (χ4n) is 0.975. The average Bonchev–Trinajstić information content (AvgIpc) is 2.14. The molecule has 0 radical (unpaired) electrons. The summed E-state index contributed by atoms with van der Waals surface area (Å²) in [6.45, 7) is 6.67. The van der Waals surface area contributed by atoms with Crippen LogP contribution in [-0.2, 0) is 11.3 Å². The van der Waals surface area contributed by atoms with Crippen molar-refractivity contribution in [3.8, 4) is 6.07 Å². The summed E-state index contributed by atoms with van der Waals surface area (Å²) in [5.74, 6) is 0. The lowest BCUT2D eigenvalue weighted by atomic mass is 10.1. The number of nitrogens with zero attached hydrogens (tertiary/aromatic N) is 1. The monoisotopic (exact) mass is 189 g/mol. The molecule has 0 aliphatic carbocycles. The standard InChI is InChI=1S/C12H15NO/c1-12(2,3)14-9-11-6-4-10(8-13)5-7-11/h4-7H,9H2,1-3H3. The van der Waals surface area contributed by atoms with E-state index in [-0.39, 0.29) is 5.60 Å². The summed E-state index contributed by atoms with van der Waals surface area (Å²) in [6, 6.07) is 9.54. The first-order chi connectivity index (χ1) is 6.51. The average molecular weight is 189 g/mol. The number of rotatable bonds is 2. The maximum atomic E-state index is 8.61. The van der Waals surface area contributed by atoms with Crippen molar-refractivity contribution < 1.29 is 4.74 Å². The van der Waals surface area contributed by atoms with Crippen LogP contribution in [0.15, 0.2) is 24.3 Å². The zero-order valence-electron chi connectivity index (χ0n) is 8.87. The van der Waals surface area contributed by atoms with Gasteiger partial charge < -0.3 is 4.74 Å².